The van der Waals surface area contributed by atoms with Crippen LogP contribution in [-0.2, 0) is 7.05 Å². The molecule has 4 nitrogen and oxygen atoms in total. The number of benzene rings is 1. The van der Waals surface area contributed by atoms with E-state index in [0.717, 1.165) is 10.9 Å². The lowest BCUT2D eigenvalue weighted by molar-refractivity contribution is 0.0922. The highest BCUT2D eigenvalue weighted by molar-refractivity contribution is 5.97. The average molecular weight is 266 g/mol. The molecular formula is C16H14N2O2. The first-order valence-electron chi connectivity index (χ1n) is 6.36. The van der Waals surface area contributed by atoms with Crippen LogP contribution in [0.15, 0.2) is 55.0 Å². The number of pyridine rings is 1. The summed E-state index contributed by atoms with van der Waals surface area (Å²) in [4.78, 5) is 16.3. The summed E-state index contributed by atoms with van der Waals surface area (Å²) in [5.41, 5.74) is 1.52. The van der Waals surface area contributed by atoms with Gasteiger partial charge in [0.25, 0.3) is 0 Å². The number of rotatable bonds is 4. The minimum atomic E-state index is -0.0357. The molecule has 0 bridgehead atoms. The minimum absolute atomic E-state index is 0.0258. The number of ether oxygens (including phenoxy) is 1. The van der Waals surface area contributed by atoms with Crippen molar-refractivity contribution in [2.45, 2.75) is 0 Å². The van der Waals surface area contributed by atoms with Gasteiger partial charge in [0.15, 0.2) is 6.61 Å². The maximum atomic E-state index is 12.0. The summed E-state index contributed by atoms with van der Waals surface area (Å²) >= 11 is 0. The second kappa shape index (κ2) is 5.17. The molecule has 0 amide bonds. The van der Waals surface area contributed by atoms with Crippen LogP contribution < -0.4 is 4.74 Å². The molecule has 0 saturated carbocycles. The third kappa shape index (κ3) is 2.40. The lowest BCUT2D eigenvalue weighted by atomic mass is 10.2. The van der Waals surface area contributed by atoms with E-state index in [-0.39, 0.29) is 12.4 Å². The summed E-state index contributed by atoms with van der Waals surface area (Å²) < 4.78 is 7.49. The molecular weight excluding hydrogens is 252 g/mol. The third-order valence-electron chi connectivity index (χ3n) is 3.12. The molecule has 2 aromatic heterocycles. The Balaban J connectivity index is 1.79. The van der Waals surface area contributed by atoms with E-state index in [0.29, 0.717) is 11.3 Å². The largest absolute Gasteiger partial charge is 0.485 e. The van der Waals surface area contributed by atoms with E-state index < -0.39 is 0 Å². The predicted octanol–water partition coefficient (Wildman–Crippen LogP) is 2.84. The highest BCUT2D eigenvalue weighted by atomic mass is 16.5. The molecule has 0 fully saturated rings. The molecule has 3 aromatic rings. The molecule has 0 spiro atoms. The number of nitrogens with zero attached hydrogens (tertiary/aromatic N) is 2. The van der Waals surface area contributed by atoms with Gasteiger partial charge in [-0.1, -0.05) is 6.07 Å². The van der Waals surface area contributed by atoms with Gasteiger partial charge in [-0.15, -0.1) is 0 Å². The van der Waals surface area contributed by atoms with Crippen LogP contribution in [0, 0.1) is 0 Å². The molecule has 0 aliphatic heterocycles. The Kier molecular flexibility index (Phi) is 3.21. The number of hydrogen-bond acceptors (Lipinski definition) is 3. The molecule has 0 aliphatic rings. The maximum Gasteiger partial charge on any atom is 0.201 e. The Morgan fingerprint density at radius 1 is 1.25 bits per heavy atom. The summed E-state index contributed by atoms with van der Waals surface area (Å²) in [5, 5.41) is 0.913. The fourth-order valence-corrected chi connectivity index (χ4v) is 2.10. The lowest BCUT2D eigenvalue weighted by Crippen LogP contribution is -2.11. The van der Waals surface area contributed by atoms with Crippen molar-refractivity contribution in [2.75, 3.05) is 6.61 Å². The monoisotopic (exact) mass is 266 g/mol. The summed E-state index contributed by atoms with van der Waals surface area (Å²) in [5.74, 6) is 0.645. The first-order valence-corrected chi connectivity index (χ1v) is 6.36. The highest BCUT2D eigenvalue weighted by Gasteiger charge is 2.09. The molecule has 100 valence electrons. The quantitative estimate of drug-likeness (QED) is 0.682. The van der Waals surface area contributed by atoms with Crippen LogP contribution in [-0.4, -0.2) is 21.9 Å². The summed E-state index contributed by atoms with van der Waals surface area (Å²) in [7, 11) is 1.88. The second-order valence-corrected chi connectivity index (χ2v) is 4.60. The van der Waals surface area contributed by atoms with Gasteiger partial charge in [0.2, 0.25) is 5.78 Å². The van der Waals surface area contributed by atoms with Gasteiger partial charge in [0.05, 0.1) is 5.52 Å². The lowest BCUT2D eigenvalue weighted by Gasteiger charge is -2.07. The highest BCUT2D eigenvalue weighted by Crippen LogP contribution is 2.23. The van der Waals surface area contributed by atoms with Gasteiger partial charge in [-0.25, -0.2) is 0 Å². The van der Waals surface area contributed by atoms with Gasteiger partial charge in [0, 0.05) is 36.6 Å². The normalized spacial score (nSPS) is 10.7. The maximum absolute atomic E-state index is 12.0. The van der Waals surface area contributed by atoms with Crippen LogP contribution in [0.1, 0.15) is 10.4 Å². The topological polar surface area (TPSA) is 44.1 Å². The van der Waals surface area contributed by atoms with Crippen LogP contribution in [0.5, 0.6) is 5.75 Å². The predicted molar refractivity (Wildman–Crippen MR) is 77.0 cm³/mol. The van der Waals surface area contributed by atoms with E-state index in [1.807, 2.05) is 48.1 Å². The first kappa shape index (κ1) is 12.4. The fraction of sp³-hybridized carbons (Fsp3) is 0.125. The Labute approximate surface area is 116 Å². The van der Waals surface area contributed by atoms with E-state index >= 15 is 0 Å². The Bertz CT molecular complexity index is 757. The molecule has 4 heteroatoms. The van der Waals surface area contributed by atoms with E-state index in [1.54, 1.807) is 18.5 Å². The number of Topliss-reactive ketones (excluding diaryl/α,β-unsaturated/α-hetero) is 1. The summed E-state index contributed by atoms with van der Waals surface area (Å²) in [6.45, 7) is 0.0258. The van der Waals surface area contributed by atoms with E-state index in [2.05, 4.69) is 4.98 Å². The van der Waals surface area contributed by atoms with Gasteiger partial charge in [0.1, 0.15) is 5.75 Å². The van der Waals surface area contributed by atoms with Gasteiger partial charge in [-0.3, -0.25) is 9.78 Å². The Morgan fingerprint density at radius 3 is 2.95 bits per heavy atom. The van der Waals surface area contributed by atoms with Gasteiger partial charge < -0.3 is 9.30 Å². The minimum Gasteiger partial charge on any atom is -0.485 e. The molecule has 20 heavy (non-hydrogen) atoms. The Morgan fingerprint density at radius 2 is 2.15 bits per heavy atom. The number of aromatic nitrogens is 2. The number of ketones is 1. The van der Waals surface area contributed by atoms with Gasteiger partial charge >= 0.3 is 0 Å². The molecule has 0 radical (unpaired) electrons. The molecule has 0 atom stereocenters. The van der Waals surface area contributed by atoms with Crippen molar-refractivity contribution in [3.63, 3.8) is 0 Å². The Hall–Kier alpha value is -2.62. The van der Waals surface area contributed by atoms with E-state index in [1.165, 1.54) is 0 Å². The number of carbonyl (C=O) groups is 1. The molecule has 0 unspecified atom stereocenters. The molecule has 0 saturated heterocycles. The number of hydrogen-bond donors (Lipinski definition) is 0. The van der Waals surface area contributed by atoms with Crippen molar-refractivity contribution in [3.8, 4) is 5.75 Å². The van der Waals surface area contributed by atoms with E-state index in [4.69, 9.17) is 4.74 Å². The number of fused-ring (bicyclic) bond motifs is 1. The molecule has 3 rings (SSSR count). The number of carbonyl (C=O) groups excluding carboxylic acids is 1. The van der Waals surface area contributed by atoms with Gasteiger partial charge in [-0.2, -0.15) is 0 Å². The molecule has 2 heterocycles. The van der Waals surface area contributed by atoms with Crippen molar-refractivity contribution in [1.29, 1.82) is 0 Å². The first-order chi connectivity index (χ1) is 9.74. The smallest absolute Gasteiger partial charge is 0.201 e. The van der Waals surface area contributed by atoms with Crippen LogP contribution in [0.2, 0.25) is 0 Å². The van der Waals surface area contributed by atoms with Crippen molar-refractivity contribution in [1.82, 2.24) is 9.55 Å². The van der Waals surface area contributed by atoms with Crippen LogP contribution in [0.4, 0.5) is 0 Å². The fourth-order valence-electron chi connectivity index (χ4n) is 2.10. The zero-order chi connectivity index (χ0) is 13.9. The standard InChI is InChI=1S/C16H14N2O2/c1-18-9-7-12(10-18)15(19)11-20-16-6-2-5-14-13(16)4-3-8-17-14/h2-10H,11H2,1H3. The third-order valence-corrected chi connectivity index (χ3v) is 3.12. The van der Waals surface area contributed by atoms with Crippen molar-refractivity contribution < 1.29 is 9.53 Å². The molecule has 1 aromatic carbocycles. The van der Waals surface area contributed by atoms with Crippen molar-refractivity contribution >= 4 is 16.7 Å². The van der Waals surface area contributed by atoms with Crippen molar-refractivity contribution in [3.05, 3.63) is 60.6 Å². The zero-order valence-corrected chi connectivity index (χ0v) is 11.1. The van der Waals surface area contributed by atoms with Crippen LogP contribution >= 0.6 is 0 Å². The summed E-state index contributed by atoms with van der Waals surface area (Å²) in [6.07, 6.45) is 5.37. The van der Waals surface area contributed by atoms with Crippen LogP contribution in [0.3, 0.4) is 0 Å². The average Bonchev–Trinajstić information content (AvgIpc) is 2.91. The van der Waals surface area contributed by atoms with E-state index in [9.17, 15) is 4.79 Å². The molecule has 0 aliphatic carbocycles. The second-order valence-electron chi connectivity index (χ2n) is 4.60. The summed E-state index contributed by atoms with van der Waals surface area (Å²) in [6, 6.07) is 11.2. The molecule has 0 N–H and O–H groups in total. The van der Waals surface area contributed by atoms with Crippen molar-refractivity contribution in [2.24, 2.45) is 7.05 Å². The van der Waals surface area contributed by atoms with Crippen LogP contribution in [0.25, 0.3) is 10.9 Å². The zero-order valence-electron chi connectivity index (χ0n) is 11.1. The SMILES string of the molecule is Cn1ccc(C(=O)COc2cccc3ncccc23)c1. The number of aryl methyl sites for hydroxylation is 1. The van der Waals surface area contributed by atoms with Gasteiger partial charge in [-0.05, 0) is 30.3 Å².